The fourth-order valence-corrected chi connectivity index (χ4v) is 3.05. The van der Waals surface area contributed by atoms with Crippen LogP contribution in [0, 0.1) is 6.92 Å². The van der Waals surface area contributed by atoms with Gasteiger partial charge in [-0.1, -0.05) is 36.8 Å². The Balaban J connectivity index is 2.09. The average molecular weight is 351 g/mol. The second-order valence-corrected chi connectivity index (χ2v) is 6.20. The summed E-state index contributed by atoms with van der Waals surface area (Å²) in [4.78, 5) is 0. The standard InChI is InChI=1S/C16H23BrN4/c1-3-10-21-16(14(17)11-19-21)15(20-18)9-8-13-6-4-12(2)5-7-13/h4-7,11,15,20H,3,8-10,18H2,1-2H3. The molecule has 0 amide bonds. The Morgan fingerprint density at radius 1 is 1.33 bits per heavy atom. The average Bonchev–Trinajstić information content (AvgIpc) is 2.84. The molecule has 1 aromatic carbocycles. The fourth-order valence-electron chi connectivity index (χ4n) is 2.47. The Bertz CT molecular complexity index is 562. The normalized spacial score (nSPS) is 12.6. The maximum atomic E-state index is 5.77. The summed E-state index contributed by atoms with van der Waals surface area (Å²) in [6, 6.07) is 8.76. The van der Waals surface area contributed by atoms with Crippen molar-refractivity contribution in [3.63, 3.8) is 0 Å². The first-order valence-electron chi connectivity index (χ1n) is 7.38. The number of rotatable bonds is 7. The molecule has 5 heteroatoms. The number of halogens is 1. The molecule has 1 atom stereocenters. The van der Waals surface area contributed by atoms with Gasteiger partial charge in [0.1, 0.15) is 0 Å². The number of nitrogens with two attached hydrogens (primary N) is 1. The van der Waals surface area contributed by atoms with Crippen LogP contribution in [0.2, 0.25) is 0 Å². The molecule has 0 saturated carbocycles. The first-order valence-corrected chi connectivity index (χ1v) is 8.17. The molecule has 0 aliphatic heterocycles. The molecule has 114 valence electrons. The quantitative estimate of drug-likeness (QED) is 0.593. The van der Waals surface area contributed by atoms with E-state index in [0.29, 0.717) is 0 Å². The molecule has 0 spiro atoms. The van der Waals surface area contributed by atoms with E-state index in [1.165, 1.54) is 11.1 Å². The molecule has 2 rings (SSSR count). The molecule has 2 aromatic rings. The van der Waals surface area contributed by atoms with Crippen LogP contribution in [0.15, 0.2) is 34.9 Å². The lowest BCUT2D eigenvalue weighted by molar-refractivity contribution is 0.456. The van der Waals surface area contributed by atoms with Gasteiger partial charge < -0.3 is 0 Å². The topological polar surface area (TPSA) is 55.9 Å². The molecule has 0 radical (unpaired) electrons. The third kappa shape index (κ3) is 4.15. The van der Waals surface area contributed by atoms with E-state index in [0.717, 1.165) is 36.0 Å². The molecule has 0 bridgehead atoms. The summed E-state index contributed by atoms with van der Waals surface area (Å²) in [5.41, 5.74) is 6.69. The Labute approximate surface area is 134 Å². The lowest BCUT2D eigenvalue weighted by atomic mass is 10.0. The number of nitrogens with one attached hydrogen (secondary N) is 1. The Morgan fingerprint density at radius 2 is 2.05 bits per heavy atom. The number of hydrogen-bond donors (Lipinski definition) is 2. The van der Waals surface area contributed by atoms with Gasteiger partial charge in [0.15, 0.2) is 0 Å². The van der Waals surface area contributed by atoms with E-state index in [4.69, 9.17) is 5.84 Å². The molecular formula is C16H23BrN4. The summed E-state index contributed by atoms with van der Waals surface area (Å²) < 4.78 is 3.05. The van der Waals surface area contributed by atoms with Crippen LogP contribution >= 0.6 is 15.9 Å². The molecule has 0 aliphatic carbocycles. The molecular weight excluding hydrogens is 328 g/mol. The predicted octanol–water partition coefficient (Wildman–Crippen LogP) is 3.50. The summed E-state index contributed by atoms with van der Waals surface area (Å²) in [6.45, 7) is 5.16. The zero-order valence-corrected chi connectivity index (χ0v) is 14.2. The highest BCUT2D eigenvalue weighted by atomic mass is 79.9. The van der Waals surface area contributed by atoms with E-state index < -0.39 is 0 Å². The minimum atomic E-state index is 0.0923. The van der Waals surface area contributed by atoms with E-state index in [-0.39, 0.29) is 6.04 Å². The van der Waals surface area contributed by atoms with Crippen molar-refractivity contribution in [1.82, 2.24) is 15.2 Å². The molecule has 1 aromatic heterocycles. The first-order chi connectivity index (χ1) is 10.2. The predicted molar refractivity (Wildman–Crippen MR) is 89.8 cm³/mol. The highest BCUT2D eigenvalue weighted by Crippen LogP contribution is 2.26. The van der Waals surface area contributed by atoms with Gasteiger partial charge in [0.2, 0.25) is 0 Å². The minimum absolute atomic E-state index is 0.0923. The van der Waals surface area contributed by atoms with Crippen LogP contribution in [0.5, 0.6) is 0 Å². The largest absolute Gasteiger partial charge is 0.271 e. The molecule has 0 saturated heterocycles. The van der Waals surface area contributed by atoms with E-state index in [1.54, 1.807) is 0 Å². The van der Waals surface area contributed by atoms with Crippen LogP contribution in [-0.4, -0.2) is 9.78 Å². The van der Waals surface area contributed by atoms with Gasteiger partial charge in [0, 0.05) is 6.54 Å². The first kappa shape index (κ1) is 16.2. The summed E-state index contributed by atoms with van der Waals surface area (Å²) >= 11 is 3.59. The van der Waals surface area contributed by atoms with Crippen molar-refractivity contribution in [2.24, 2.45) is 5.84 Å². The zero-order chi connectivity index (χ0) is 15.2. The second kappa shape index (κ2) is 7.73. The molecule has 1 unspecified atom stereocenters. The van der Waals surface area contributed by atoms with Crippen LogP contribution in [0.3, 0.4) is 0 Å². The van der Waals surface area contributed by atoms with Gasteiger partial charge >= 0.3 is 0 Å². The van der Waals surface area contributed by atoms with Gasteiger partial charge in [-0.3, -0.25) is 16.0 Å². The highest BCUT2D eigenvalue weighted by Gasteiger charge is 2.18. The van der Waals surface area contributed by atoms with Gasteiger partial charge in [0.05, 0.1) is 22.4 Å². The van der Waals surface area contributed by atoms with Crippen molar-refractivity contribution in [3.05, 3.63) is 51.8 Å². The van der Waals surface area contributed by atoms with Crippen LogP contribution in [0.4, 0.5) is 0 Å². The van der Waals surface area contributed by atoms with Crippen molar-refractivity contribution < 1.29 is 0 Å². The van der Waals surface area contributed by atoms with Crippen molar-refractivity contribution in [3.8, 4) is 0 Å². The van der Waals surface area contributed by atoms with Gasteiger partial charge in [-0.2, -0.15) is 5.10 Å². The molecule has 4 nitrogen and oxygen atoms in total. The van der Waals surface area contributed by atoms with Gasteiger partial charge in [-0.15, -0.1) is 0 Å². The van der Waals surface area contributed by atoms with Crippen molar-refractivity contribution in [2.75, 3.05) is 0 Å². The number of nitrogens with zero attached hydrogens (tertiary/aromatic N) is 2. The number of benzene rings is 1. The van der Waals surface area contributed by atoms with Crippen molar-refractivity contribution in [1.29, 1.82) is 0 Å². The third-order valence-electron chi connectivity index (χ3n) is 3.64. The van der Waals surface area contributed by atoms with E-state index in [9.17, 15) is 0 Å². The van der Waals surface area contributed by atoms with Crippen LogP contribution in [0.1, 0.15) is 42.6 Å². The summed E-state index contributed by atoms with van der Waals surface area (Å²) in [5, 5.41) is 4.42. The number of aryl methyl sites for hydroxylation is 3. The van der Waals surface area contributed by atoms with Crippen LogP contribution in [-0.2, 0) is 13.0 Å². The molecule has 1 heterocycles. The Kier molecular flexibility index (Phi) is 5.96. The summed E-state index contributed by atoms with van der Waals surface area (Å²) in [5.74, 6) is 5.77. The number of aromatic nitrogens is 2. The Hall–Kier alpha value is -1.17. The maximum absolute atomic E-state index is 5.77. The number of hydrazine groups is 1. The van der Waals surface area contributed by atoms with Gasteiger partial charge in [-0.05, 0) is 47.7 Å². The van der Waals surface area contributed by atoms with Gasteiger partial charge in [-0.25, -0.2) is 0 Å². The zero-order valence-electron chi connectivity index (χ0n) is 12.6. The SMILES string of the molecule is CCCn1ncc(Br)c1C(CCc1ccc(C)cc1)NN. The van der Waals surface area contributed by atoms with Gasteiger partial charge in [0.25, 0.3) is 0 Å². The van der Waals surface area contributed by atoms with Crippen molar-refractivity contribution >= 4 is 15.9 Å². The Morgan fingerprint density at radius 3 is 2.67 bits per heavy atom. The fraction of sp³-hybridized carbons (Fsp3) is 0.438. The molecule has 0 aliphatic rings. The van der Waals surface area contributed by atoms with Crippen LogP contribution < -0.4 is 11.3 Å². The van der Waals surface area contributed by atoms with Crippen molar-refractivity contribution in [2.45, 2.75) is 45.7 Å². The third-order valence-corrected chi connectivity index (χ3v) is 4.25. The van der Waals surface area contributed by atoms with E-state index in [2.05, 4.69) is 64.6 Å². The monoisotopic (exact) mass is 350 g/mol. The smallest absolute Gasteiger partial charge is 0.0709 e. The highest BCUT2D eigenvalue weighted by molar-refractivity contribution is 9.10. The van der Waals surface area contributed by atoms with E-state index in [1.807, 2.05) is 10.9 Å². The van der Waals surface area contributed by atoms with Crippen LogP contribution in [0.25, 0.3) is 0 Å². The second-order valence-electron chi connectivity index (χ2n) is 5.34. The lowest BCUT2D eigenvalue weighted by Gasteiger charge is -2.18. The lowest BCUT2D eigenvalue weighted by Crippen LogP contribution is -2.30. The summed E-state index contributed by atoms with van der Waals surface area (Å²) in [6.07, 6.45) is 4.82. The summed E-state index contributed by atoms with van der Waals surface area (Å²) in [7, 11) is 0. The van der Waals surface area contributed by atoms with E-state index >= 15 is 0 Å². The minimum Gasteiger partial charge on any atom is -0.271 e. The molecule has 21 heavy (non-hydrogen) atoms. The molecule has 0 fully saturated rings. The number of hydrogen-bond acceptors (Lipinski definition) is 3. The maximum Gasteiger partial charge on any atom is 0.0709 e. The molecule has 3 N–H and O–H groups in total.